The van der Waals surface area contributed by atoms with Crippen LogP contribution in [-0.2, 0) is 42.7 Å². The molecule has 106 valence electrons. The zero-order valence-electron chi connectivity index (χ0n) is 11.4. The predicted octanol–water partition coefficient (Wildman–Crippen LogP) is 2.32. The molecule has 3 N–H and O–H groups in total. The van der Waals surface area contributed by atoms with Crippen molar-refractivity contribution >= 4 is 15.9 Å². The smallest absolute Gasteiger partial charge is 0.664 e. The molecule has 0 aliphatic heterocycles. The van der Waals surface area contributed by atoms with Gasteiger partial charge in [0.2, 0.25) is 0 Å². The van der Waals surface area contributed by atoms with E-state index in [2.05, 4.69) is 6.07 Å². The van der Waals surface area contributed by atoms with Crippen molar-refractivity contribution in [3.63, 3.8) is 0 Å². The summed E-state index contributed by atoms with van der Waals surface area (Å²) in [5, 5.41) is 4.91. The molecule has 0 aliphatic rings. The number of carbonyl (C=O) groups is 1. The zero-order valence-corrected chi connectivity index (χ0v) is 15.1. The van der Waals surface area contributed by atoms with E-state index < -0.39 is 15.9 Å². The van der Waals surface area contributed by atoms with Crippen molar-refractivity contribution in [1.82, 2.24) is 0 Å². The van der Waals surface area contributed by atoms with Crippen molar-refractivity contribution in [2.24, 2.45) is 5.14 Å². The second-order valence-electron chi connectivity index (χ2n) is 3.93. The number of hydrogen-bond donors (Lipinski definition) is 1. The van der Waals surface area contributed by atoms with Gasteiger partial charge in [-0.1, -0.05) is 37.3 Å². The van der Waals surface area contributed by atoms with Crippen molar-refractivity contribution in [3.8, 4) is 0 Å². The summed E-state index contributed by atoms with van der Waals surface area (Å²) in [5.41, 5.74) is 7.77. The third kappa shape index (κ3) is 6.95. The number of carbonyl (C=O) groups excluding carboxylic acids is 1. The maximum Gasteiger partial charge on any atom is 3.00 e. The molecule has 2 rings (SSSR count). The molecule has 0 heterocycles. The molecule has 0 saturated heterocycles. The van der Waals surface area contributed by atoms with Crippen LogP contribution in [0, 0.1) is 13.0 Å². The molecule has 0 unspecified atom stereocenters. The van der Waals surface area contributed by atoms with Gasteiger partial charge in [0.05, 0.1) is 5.91 Å². The van der Waals surface area contributed by atoms with E-state index in [4.69, 9.17) is 10.9 Å². The summed E-state index contributed by atoms with van der Waals surface area (Å²) in [6, 6.07) is 15.8. The van der Waals surface area contributed by atoms with Crippen molar-refractivity contribution in [2.45, 2.75) is 11.8 Å². The van der Waals surface area contributed by atoms with E-state index in [-0.39, 0.29) is 37.6 Å². The van der Waals surface area contributed by atoms with Crippen molar-refractivity contribution in [3.05, 3.63) is 71.5 Å². The fraction of sp³-hybridized carbons (Fsp3) is 0.0714. The number of primary sulfonamides is 1. The molecule has 1 amide bonds. The predicted molar refractivity (Wildman–Crippen MR) is 76.5 cm³/mol. The number of rotatable bonds is 2. The van der Waals surface area contributed by atoms with Crippen LogP contribution in [0.5, 0.6) is 0 Å². The molecular weight excluding hydrogens is 365 g/mol. The first-order chi connectivity index (χ1) is 9.32. The SMILES string of the molecule is Cc1cc[c-]cc1S(N)(=O)=O.[NH-]C(=O)c1ccccc1.[Y+3]. The first kappa shape index (κ1) is 19.9. The zero-order chi connectivity index (χ0) is 15.2. The normalized spacial score (nSPS) is 9.81. The average Bonchev–Trinajstić information content (AvgIpc) is 2.39. The number of amides is 1. The van der Waals surface area contributed by atoms with Crippen LogP contribution in [0.4, 0.5) is 0 Å². The molecule has 7 heteroatoms. The van der Waals surface area contributed by atoms with Crippen LogP contribution >= 0.6 is 0 Å². The van der Waals surface area contributed by atoms with E-state index >= 15 is 0 Å². The molecule has 0 atom stereocenters. The van der Waals surface area contributed by atoms with Crippen molar-refractivity contribution < 1.29 is 45.9 Å². The topological polar surface area (TPSA) is 101 Å². The van der Waals surface area contributed by atoms with Crippen LogP contribution in [-0.4, -0.2) is 14.3 Å². The van der Waals surface area contributed by atoms with E-state index in [1.165, 1.54) is 6.07 Å². The van der Waals surface area contributed by atoms with E-state index in [0.29, 0.717) is 11.1 Å². The molecule has 5 nitrogen and oxygen atoms in total. The maximum absolute atomic E-state index is 10.8. The van der Waals surface area contributed by atoms with Gasteiger partial charge in [-0.2, -0.15) is 24.3 Å². The summed E-state index contributed by atoms with van der Waals surface area (Å²) in [4.78, 5) is 10.5. The summed E-state index contributed by atoms with van der Waals surface area (Å²) in [5.74, 6) is -0.629. The van der Waals surface area contributed by atoms with Gasteiger partial charge in [0.1, 0.15) is 0 Å². The largest absolute Gasteiger partial charge is 3.00 e. The number of nitrogens with two attached hydrogens (primary N) is 1. The van der Waals surface area contributed by atoms with Gasteiger partial charge in [0, 0.05) is 0 Å². The monoisotopic (exact) mass is 379 g/mol. The number of benzene rings is 2. The van der Waals surface area contributed by atoms with E-state index in [1.807, 2.05) is 6.07 Å². The molecular formula is C14H14N2O3SY+. The Kier molecular flexibility index (Phi) is 8.58. The second kappa shape index (κ2) is 9.05. The van der Waals surface area contributed by atoms with Crippen LogP contribution in [0.25, 0.3) is 5.73 Å². The summed E-state index contributed by atoms with van der Waals surface area (Å²) < 4.78 is 21.6. The fourth-order valence-electron chi connectivity index (χ4n) is 1.39. The van der Waals surface area contributed by atoms with Crippen molar-refractivity contribution in [2.75, 3.05) is 0 Å². The average molecular weight is 379 g/mol. The number of sulfonamides is 1. The van der Waals surface area contributed by atoms with Gasteiger partial charge in [-0.3, -0.25) is 0 Å². The molecule has 2 aromatic carbocycles. The quantitative estimate of drug-likeness (QED) is 0.811. The van der Waals surface area contributed by atoms with E-state index in [0.717, 1.165) is 0 Å². The molecule has 2 aromatic rings. The minimum Gasteiger partial charge on any atom is -0.664 e. The maximum atomic E-state index is 10.8. The van der Waals surface area contributed by atoms with Gasteiger partial charge < -0.3 is 10.5 Å². The summed E-state index contributed by atoms with van der Waals surface area (Å²) in [6.07, 6.45) is 0. The summed E-state index contributed by atoms with van der Waals surface area (Å²) >= 11 is 0. The molecule has 0 radical (unpaired) electrons. The Morgan fingerprint density at radius 3 is 2.10 bits per heavy atom. The molecule has 0 saturated carbocycles. The first-order valence-corrected chi connectivity index (χ1v) is 7.17. The number of nitrogens with one attached hydrogen (secondary N) is 1. The van der Waals surface area contributed by atoms with Gasteiger partial charge in [-0.15, -0.1) is 5.56 Å². The van der Waals surface area contributed by atoms with E-state index in [9.17, 15) is 13.2 Å². The van der Waals surface area contributed by atoms with Crippen LogP contribution in [0.3, 0.4) is 0 Å². The van der Waals surface area contributed by atoms with Crippen LogP contribution in [0.1, 0.15) is 15.9 Å². The molecule has 21 heavy (non-hydrogen) atoms. The molecule has 0 spiro atoms. The van der Waals surface area contributed by atoms with Gasteiger partial charge in [0.25, 0.3) is 0 Å². The first-order valence-electron chi connectivity index (χ1n) is 5.63. The molecule has 0 aliphatic carbocycles. The van der Waals surface area contributed by atoms with Crippen LogP contribution < -0.4 is 5.14 Å². The Morgan fingerprint density at radius 2 is 1.76 bits per heavy atom. The van der Waals surface area contributed by atoms with Crippen LogP contribution in [0.2, 0.25) is 0 Å². The van der Waals surface area contributed by atoms with Gasteiger partial charge in [0.15, 0.2) is 10.0 Å². The minimum atomic E-state index is -3.56. The fourth-order valence-corrected chi connectivity index (χ4v) is 2.14. The Balaban J connectivity index is 0.000000370. The summed E-state index contributed by atoms with van der Waals surface area (Å²) in [7, 11) is -3.56. The van der Waals surface area contributed by atoms with Crippen molar-refractivity contribution in [1.29, 1.82) is 0 Å². The second-order valence-corrected chi connectivity index (χ2v) is 5.46. The Bertz CT molecular complexity index is 688. The molecule has 0 bridgehead atoms. The standard InChI is InChI=1S/C7H8NO2S.C7H7NO.Y/c1-6-4-2-3-5-7(6)11(8,9)10;8-7(9)6-4-2-1-3-5-6;/h2,4-5H,1H3,(H2,8,9,10);1-5H,(H2,8,9);/q-1;;+3/p-1. The number of hydrogen-bond acceptors (Lipinski definition) is 3. The Labute approximate surface area is 149 Å². The minimum absolute atomic E-state index is 0. The van der Waals surface area contributed by atoms with Crippen LogP contribution in [0.15, 0.2) is 53.4 Å². The molecule has 0 aromatic heterocycles. The Morgan fingerprint density at radius 1 is 1.19 bits per heavy atom. The summed E-state index contributed by atoms with van der Waals surface area (Å²) in [6.45, 7) is 1.69. The van der Waals surface area contributed by atoms with E-state index in [1.54, 1.807) is 43.3 Å². The third-order valence-corrected chi connectivity index (χ3v) is 3.43. The molecule has 0 fully saturated rings. The van der Waals surface area contributed by atoms with Gasteiger partial charge in [-0.05, 0) is 10.5 Å². The number of aryl methyl sites for hydroxylation is 1. The van der Waals surface area contributed by atoms with Gasteiger partial charge >= 0.3 is 32.7 Å². The Hall–Kier alpha value is -1.08. The third-order valence-electron chi connectivity index (χ3n) is 2.38. The van der Waals surface area contributed by atoms with Gasteiger partial charge in [-0.25, -0.2) is 13.6 Å².